The fourth-order valence-corrected chi connectivity index (χ4v) is 7.03. The van der Waals surface area contributed by atoms with E-state index >= 15 is 0 Å². The maximum Gasteiger partial charge on any atom is 0.143 e. The first-order valence-corrected chi connectivity index (χ1v) is 16.4. The molecule has 9 rings (SSSR count). The summed E-state index contributed by atoms with van der Waals surface area (Å²) in [6.07, 6.45) is 0. The normalized spacial score (nSPS) is 11.3. The molecule has 0 aliphatic rings. The van der Waals surface area contributed by atoms with Gasteiger partial charge in [0, 0.05) is 33.3 Å². The van der Waals surface area contributed by atoms with Crippen molar-refractivity contribution in [2.75, 3.05) is 4.90 Å². The molecule has 9 aromatic rings. The van der Waals surface area contributed by atoms with Crippen LogP contribution in [0.4, 0.5) is 17.1 Å². The van der Waals surface area contributed by atoms with Crippen LogP contribution in [0.3, 0.4) is 0 Å². The fraction of sp³-hybridized carbons (Fsp3) is 0. The van der Waals surface area contributed by atoms with Crippen LogP contribution in [0.1, 0.15) is 0 Å². The minimum atomic E-state index is 0.866. The second-order valence-corrected chi connectivity index (χ2v) is 12.1. The Balaban J connectivity index is 1.30. The van der Waals surface area contributed by atoms with E-state index in [1.165, 1.54) is 32.7 Å². The Bertz CT molecular complexity index is 2560. The minimum absolute atomic E-state index is 0.866. The molecule has 0 bridgehead atoms. The predicted octanol–water partition coefficient (Wildman–Crippen LogP) is 13.2. The molecule has 48 heavy (non-hydrogen) atoms. The molecule has 0 aliphatic heterocycles. The molecule has 0 unspecified atom stereocenters. The van der Waals surface area contributed by atoms with Crippen molar-refractivity contribution in [3.8, 4) is 33.6 Å². The maximum atomic E-state index is 6.67. The summed E-state index contributed by atoms with van der Waals surface area (Å²) < 4.78 is 6.67. The molecular formula is C46H31NO. The van der Waals surface area contributed by atoms with Crippen molar-refractivity contribution in [3.05, 3.63) is 188 Å². The van der Waals surface area contributed by atoms with E-state index in [0.29, 0.717) is 0 Å². The van der Waals surface area contributed by atoms with Gasteiger partial charge in [-0.1, -0.05) is 152 Å². The Hall–Kier alpha value is -6.38. The lowest BCUT2D eigenvalue weighted by Crippen LogP contribution is -2.11. The lowest BCUT2D eigenvalue weighted by molar-refractivity contribution is 0.632. The Kier molecular flexibility index (Phi) is 6.84. The van der Waals surface area contributed by atoms with Crippen molar-refractivity contribution in [1.82, 2.24) is 0 Å². The molecule has 0 spiro atoms. The highest BCUT2D eigenvalue weighted by Crippen LogP contribution is 2.46. The molecule has 2 nitrogen and oxygen atoms in total. The molecule has 0 N–H and O–H groups in total. The van der Waals surface area contributed by atoms with Crippen LogP contribution in [-0.2, 0) is 0 Å². The van der Waals surface area contributed by atoms with Gasteiger partial charge >= 0.3 is 0 Å². The van der Waals surface area contributed by atoms with Gasteiger partial charge in [-0.15, -0.1) is 0 Å². The topological polar surface area (TPSA) is 16.4 Å². The average Bonchev–Trinajstić information content (AvgIpc) is 3.56. The zero-order valence-electron chi connectivity index (χ0n) is 26.3. The van der Waals surface area contributed by atoms with Gasteiger partial charge in [0.1, 0.15) is 11.3 Å². The monoisotopic (exact) mass is 613 g/mol. The van der Waals surface area contributed by atoms with Gasteiger partial charge in [0.05, 0.1) is 5.69 Å². The number of hydrogen-bond acceptors (Lipinski definition) is 2. The molecule has 0 radical (unpaired) electrons. The van der Waals surface area contributed by atoms with Crippen molar-refractivity contribution in [2.24, 2.45) is 0 Å². The molecule has 8 aromatic carbocycles. The zero-order valence-corrected chi connectivity index (χ0v) is 26.3. The fourth-order valence-electron chi connectivity index (χ4n) is 7.03. The summed E-state index contributed by atoms with van der Waals surface area (Å²) >= 11 is 0. The number of anilines is 3. The van der Waals surface area contributed by atoms with Gasteiger partial charge in [-0.05, 0) is 69.2 Å². The third kappa shape index (κ3) is 4.83. The van der Waals surface area contributed by atoms with E-state index in [4.69, 9.17) is 4.42 Å². The third-order valence-electron chi connectivity index (χ3n) is 9.22. The quantitative estimate of drug-likeness (QED) is 0.174. The van der Waals surface area contributed by atoms with Crippen LogP contribution in [0.15, 0.2) is 192 Å². The average molecular weight is 614 g/mol. The third-order valence-corrected chi connectivity index (χ3v) is 9.22. The van der Waals surface area contributed by atoms with Crippen LogP contribution >= 0.6 is 0 Å². The smallest absolute Gasteiger partial charge is 0.143 e. The number of para-hydroxylation sites is 1. The number of furan rings is 1. The van der Waals surface area contributed by atoms with Gasteiger partial charge in [-0.25, -0.2) is 0 Å². The Morgan fingerprint density at radius 3 is 1.65 bits per heavy atom. The second kappa shape index (κ2) is 11.8. The number of nitrogens with zero attached hydrogens (tertiary/aromatic N) is 1. The summed E-state index contributed by atoms with van der Waals surface area (Å²) in [5.41, 5.74) is 9.77. The highest BCUT2D eigenvalue weighted by Gasteiger charge is 2.21. The van der Waals surface area contributed by atoms with Gasteiger partial charge in [0.15, 0.2) is 0 Å². The Morgan fingerprint density at radius 2 is 0.896 bits per heavy atom. The van der Waals surface area contributed by atoms with Gasteiger partial charge in [-0.3, -0.25) is 0 Å². The van der Waals surface area contributed by atoms with Crippen molar-refractivity contribution in [3.63, 3.8) is 0 Å². The SMILES string of the molecule is c1ccc(-c2cccc(N(c3cccc(-c4oc5ccccc5c4-c4ccccc4)c3)c3cc4ccccc4c4ccccc34)c2)cc1. The molecule has 0 atom stereocenters. The first-order chi connectivity index (χ1) is 23.8. The van der Waals surface area contributed by atoms with E-state index in [1.807, 2.05) is 6.07 Å². The lowest BCUT2D eigenvalue weighted by Gasteiger charge is -2.28. The summed E-state index contributed by atoms with van der Waals surface area (Å²) in [6, 6.07) is 66.8. The minimum Gasteiger partial charge on any atom is -0.455 e. The van der Waals surface area contributed by atoms with Gasteiger partial charge in [-0.2, -0.15) is 0 Å². The molecule has 226 valence electrons. The zero-order chi connectivity index (χ0) is 31.9. The van der Waals surface area contributed by atoms with E-state index < -0.39 is 0 Å². The van der Waals surface area contributed by atoms with Crippen molar-refractivity contribution < 1.29 is 4.42 Å². The molecule has 2 heteroatoms. The molecule has 0 fully saturated rings. The molecule has 0 saturated heterocycles. The van der Waals surface area contributed by atoms with Crippen LogP contribution in [0.5, 0.6) is 0 Å². The van der Waals surface area contributed by atoms with E-state index in [0.717, 1.165) is 50.5 Å². The summed E-state index contributed by atoms with van der Waals surface area (Å²) in [5, 5.41) is 5.99. The first kappa shape index (κ1) is 27.9. The number of benzene rings is 8. The molecule has 1 heterocycles. The van der Waals surface area contributed by atoms with Crippen LogP contribution in [-0.4, -0.2) is 0 Å². The Morgan fingerprint density at radius 1 is 0.354 bits per heavy atom. The second-order valence-electron chi connectivity index (χ2n) is 12.1. The van der Waals surface area contributed by atoms with Gasteiger partial charge in [0.25, 0.3) is 0 Å². The summed E-state index contributed by atoms with van der Waals surface area (Å²) in [6.45, 7) is 0. The molecule has 1 aromatic heterocycles. The van der Waals surface area contributed by atoms with Crippen LogP contribution < -0.4 is 4.90 Å². The standard InChI is InChI=1S/C46H31NO/c1-3-15-32(16-4-1)34-20-13-22-37(29-34)47(43-31-35-19-7-8-24-39(35)40-25-9-10-26-41(40)43)38-23-14-21-36(30-38)46-45(33-17-5-2-6-18-33)42-27-11-12-28-44(42)48-46/h1-31H. The van der Waals surface area contributed by atoms with E-state index in [1.54, 1.807) is 0 Å². The van der Waals surface area contributed by atoms with E-state index in [-0.39, 0.29) is 0 Å². The number of rotatable bonds is 6. The van der Waals surface area contributed by atoms with Crippen molar-refractivity contribution in [1.29, 1.82) is 0 Å². The van der Waals surface area contributed by atoms with E-state index in [9.17, 15) is 0 Å². The molecule has 0 saturated carbocycles. The highest BCUT2D eigenvalue weighted by molar-refractivity contribution is 6.14. The summed E-state index contributed by atoms with van der Waals surface area (Å²) in [4.78, 5) is 2.40. The van der Waals surface area contributed by atoms with Crippen LogP contribution in [0.25, 0.3) is 66.1 Å². The van der Waals surface area contributed by atoms with Gasteiger partial charge < -0.3 is 9.32 Å². The van der Waals surface area contributed by atoms with Crippen molar-refractivity contribution in [2.45, 2.75) is 0 Å². The Labute approximate surface area is 279 Å². The molecular weight excluding hydrogens is 583 g/mol. The maximum absolute atomic E-state index is 6.67. The summed E-state index contributed by atoms with van der Waals surface area (Å²) in [7, 11) is 0. The molecule has 0 aliphatic carbocycles. The van der Waals surface area contributed by atoms with Gasteiger partial charge in [0.2, 0.25) is 0 Å². The molecule has 0 amide bonds. The lowest BCUT2D eigenvalue weighted by atomic mass is 9.97. The first-order valence-electron chi connectivity index (χ1n) is 16.4. The van der Waals surface area contributed by atoms with Crippen LogP contribution in [0, 0.1) is 0 Å². The van der Waals surface area contributed by atoms with Crippen molar-refractivity contribution >= 4 is 49.6 Å². The number of fused-ring (bicyclic) bond motifs is 4. The number of hydrogen-bond donors (Lipinski definition) is 0. The summed E-state index contributed by atoms with van der Waals surface area (Å²) in [5.74, 6) is 0.866. The van der Waals surface area contributed by atoms with E-state index in [2.05, 4.69) is 187 Å². The largest absolute Gasteiger partial charge is 0.455 e. The predicted molar refractivity (Wildman–Crippen MR) is 202 cm³/mol. The van der Waals surface area contributed by atoms with Crippen LogP contribution in [0.2, 0.25) is 0 Å². The highest BCUT2D eigenvalue weighted by atomic mass is 16.3.